The van der Waals surface area contributed by atoms with Crippen molar-refractivity contribution in [3.8, 4) is 5.75 Å². The molecule has 0 aromatic heterocycles. The number of fused-ring (bicyclic) bond motifs is 1. The molecule has 76 valence electrons. The molecule has 2 nitrogen and oxygen atoms in total. The lowest BCUT2D eigenvalue weighted by Crippen LogP contribution is -2.12. The van der Waals surface area contributed by atoms with E-state index in [2.05, 4.69) is 5.32 Å². The SMILES string of the molecule is COc1ccc2c(c1)CNCCC2F. The third-order valence-electron chi connectivity index (χ3n) is 2.58. The molecule has 1 heterocycles. The Morgan fingerprint density at radius 1 is 1.50 bits per heavy atom. The Morgan fingerprint density at radius 2 is 2.36 bits per heavy atom. The zero-order valence-corrected chi connectivity index (χ0v) is 8.22. The maximum atomic E-state index is 13.6. The number of hydrogen-bond donors (Lipinski definition) is 1. The Bertz CT molecular complexity index is 327. The van der Waals surface area contributed by atoms with Gasteiger partial charge in [-0.25, -0.2) is 4.39 Å². The van der Waals surface area contributed by atoms with Crippen molar-refractivity contribution in [3.05, 3.63) is 29.3 Å². The molecular formula is C11H14FNO. The summed E-state index contributed by atoms with van der Waals surface area (Å²) < 4.78 is 18.7. The molecule has 0 amide bonds. The average molecular weight is 195 g/mol. The molecule has 3 heteroatoms. The highest BCUT2D eigenvalue weighted by Crippen LogP contribution is 2.29. The lowest BCUT2D eigenvalue weighted by Gasteiger charge is -2.10. The summed E-state index contributed by atoms with van der Waals surface area (Å²) in [5.41, 5.74) is 1.81. The van der Waals surface area contributed by atoms with Gasteiger partial charge >= 0.3 is 0 Å². The first-order valence-electron chi connectivity index (χ1n) is 4.83. The molecule has 2 rings (SSSR count). The normalized spacial score (nSPS) is 21.1. The van der Waals surface area contributed by atoms with Crippen molar-refractivity contribution in [2.75, 3.05) is 13.7 Å². The molecule has 0 saturated carbocycles. The van der Waals surface area contributed by atoms with Gasteiger partial charge in [-0.15, -0.1) is 0 Å². The Balaban J connectivity index is 2.38. The largest absolute Gasteiger partial charge is 0.497 e. The number of alkyl halides is 1. The van der Waals surface area contributed by atoms with Crippen molar-refractivity contribution in [1.82, 2.24) is 5.32 Å². The van der Waals surface area contributed by atoms with E-state index in [0.717, 1.165) is 30.0 Å². The predicted molar refractivity (Wildman–Crippen MR) is 53.2 cm³/mol. The molecule has 0 aliphatic carbocycles. The summed E-state index contributed by atoms with van der Waals surface area (Å²) in [6.07, 6.45) is -0.287. The molecule has 0 spiro atoms. The number of rotatable bonds is 1. The molecule has 1 aromatic rings. The van der Waals surface area contributed by atoms with Crippen LogP contribution in [0.15, 0.2) is 18.2 Å². The fourth-order valence-corrected chi connectivity index (χ4v) is 1.78. The second-order valence-corrected chi connectivity index (χ2v) is 3.50. The molecule has 1 N–H and O–H groups in total. The highest BCUT2D eigenvalue weighted by Gasteiger charge is 2.17. The molecule has 1 unspecified atom stereocenters. The third kappa shape index (κ3) is 1.73. The average Bonchev–Trinajstić information content (AvgIpc) is 2.40. The zero-order valence-electron chi connectivity index (χ0n) is 8.22. The van der Waals surface area contributed by atoms with Crippen molar-refractivity contribution in [2.45, 2.75) is 19.1 Å². The van der Waals surface area contributed by atoms with Gasteiger partial charge < -0.3 is 10.1 Å². The minimum absolute atomic E-state index is 0.555. The predicted octanol–water partition coefficient (Wildman–Crippen LogP) is 2.20. The molecule has 14 heavy (non-hydrogen) atoms. The molecule has 0 fully saturated rings. The number of benzene rings is 1. The molecule has 0 saturated heterocycles. The molecule has 1 aromatic carbocycles. The standard InChI is InChI=1S/C11H14FNO/c1-14-9-2-3-10-8(6-9)7-13-5-4-11(10)12/h2-3,6,11,13H,4-5,7H2,1H3. The van der Waals surface area contributed by atoms with Crippen molar-refractivity contribution in [1.29, 1.82) is 0 Å². The van der Waals surface area contributed by atoms with Crippen LogP contribution >= 0.6 is 0 Å². The Hall–Kier alpha value is -1.09. The van der Waals surface area contributed by atoms with E-state index in [1.54, 1.807) is 7.11 Å². The summed E-state index contributed by atoms with van der Waals surface area (Å²) in [6, 6.07) is 5.54. The van der Waals surface area contributed by atoms with Gasteiger partial charge in [0.1, 0.15) is 11.9 Å². The highest BCUT2D eigenvalue weighted by molar-refractivity contribution is 5.37. The number of hydrogen-bond acceptors (Lipinski definition) is 2. The van der Waals surface area contributed by atoms with E-state index < -0.39 is 6.17 Å². The molecular weight excluding hydrogens is 181 g/mol. The van der Waals surface area contributed by atoms with Crippen LogP contribution in [-0.4, -0.2) is 13.7 Å². The quantitative estimate of drug-likeness (QED) is 0.741. The zero-order chi connectivity index (χ0) is 9.97. The van der Waals surface area contributed by atoms with Crippen molar-refractivity contribution in [3.63, 3.8) is 0 Å². The van der Waals surface area contributed by atoms with E-state index in [9.17, 15) is 4.39 Å². The van der Waals surface area contributed by atoms with Gasteiger partial charge in [0.2, 0.25) is 0 Å². The van der Waals surface area contributed by atoms with E-state index in [0.29, 0.717) is 6.42 Å². The summed E-state index contributed by atoms with van der Waals surface area (Å²) in [6.45, 7) is 1.46. The first-order valence-corrected chi connectivity index (χ1v) is 4.83. The van der Waals surface area contributed by atoms with Crippen LogP contribution in [0.1, 0.15) is 23.7 Å². The van der Waals surface area contributed by atoms with E-state index in [1.165, 1.54) is 0 Å². The fourth-order valence-electron chi connectivity index (χ4n) is 1.78. The van der Waals surface area contributed by atoms with E-state index >= 15 is 0 Å². The first-order chi connectivity index (χ1) is 6.81. The third-order valence-corrected chi connectivity index (χ3v) is 2.58. The van der Waals surface area contributed by atoms with Crippen LogP contribution in [0.25, 0.3) is 0 Å². The van der Waals surface area contributed by atoms with Gasteiger partial charge in [0, 0.05) is 6.54 Å². The Morgan fingerprint density at radius 3 is 3.14 bits per heavy atom. The lowest BCUT2D eigenvalue weighted by molar-refractivity contribution is 0.325. The van der Waals surface area contributed by atoms with E-state index in [4.69, 9.17) is 4.74 Å². The van der Waals surface area contributed by atoms with Gasteiger partial charge in [-0.2, -0.15) is 0 Å². The monoisotopic (exact) mass is 195 g/mol. The Labute approximate surface area is 83.1 Å². The van der Waals surface area contributed by atoms with Gasteiger partial charge in [-0.05, 0) is 36.2 Å². The van der Waals surface area contributed by atoms with Crippen LogP contribution in [0.2, 0.25) is 0 Å². The Kier molecular flexibility index (Phi) is 2.68. The van der Waals surface area contributed by atoms with Crippen LogP contribution in [0.4, 0.5) is 4.39 Å². The van der Waals surface area contributed by atoms with Crippen LogP contribution in [0.5, 0.6) is 5.75 Å². The number of methoxy groups -OCH3 is 1. The number of halogens is 1. The van der Waals surface area contributed by atoms with E-state index in [-0.39, 0.29) is 0 Å². The maximum absolute atomic E-state index is 13.6. The van der Waals surface area contributed by atoms with Gasteiger partial charge in [0.25, 0.3) is 0 Å². The minimum atomic E-state index is -0.842. The molecule has 0 radical (unpaired) electrons. The van der Waals surface area contributed by atoms with Crippen molar-refractivity contribution in [2.24, 2.45) is 0 Å². The fraction of sp³-hybridized carbons (Fsp3) is 0.455. The maximum Gasteiger partial charge on any atom is 0.127 e. The van der Waals surface area contributed by atoms with Crippen molar-refractivity contribution < 1.29 is 9.13 Å². The van der Waals surface area contributed by atoms with Gasteiger partial charge in [0.05, 0.1) is 7.11 Å². The highest BCUT2D eigenvalue weighted by atomic mass is 19.1. The van der Waals surface area contributed by atoms with Crippen LogP contribution < -0.4 is 10.1 Å². The van der Waals surface area contributed by atoms with Gasteiger partial charge in [-0.3, -0.25) is 0 Å². The first kappa shape index (κ1) is 9.46. The molecule has 0 bridgehead atoms. The number of ether oxygens (including phenoxy) is 1. The van der Waals surface area contributed by atoms with Crippen LogP contribution in [-0.2, 0) is 6.54 Å². The molecule has 1 aliphatic heterocycles. The summed E-state index contributed by atoms with van der Waals surface area (Å²) in [7, 11) is 1.62. The summed E-state index contributed by atoms with van der Waals surface area (Å²) >= 11 is 0. The molecule has 1 atom stereocenters. The lowest BCUT2D eigenvalue weighted by atomic mass is 10.0. The van der Waals surface area contributed by atoms with Gasteiger partial charge in [0.15, 0.2) is 0 Å². The summed E-state index contributed by atoms with van der Waals surface area (Å²) in [4.78, 5) is 0. The summed E-state index contributed by atoms with van der Waals surface area (Å²) in [5, 5.41) is 3.19. The van der Waals surface area contributed by atoms with Gasteiger partial charge in [-0.1, -0.05) is 6.07 Å². The van der Waals surface area contributed by atoms with Crippen LogP contribution in [0, 0.1) is 0 Å². The molecule has 1 aliphatic rings. The minimum Gasteiger partial charge on any atom is -0.497 e. The second kappa shape index (κ2) is 3.96. The number of nitrogens with one attached hydrogen (secondary N) is 1. The topological polar surface area (TPSA) is 21.3 Å². The van der Waals surface area contributed by atoms with E-state index in [1.807, 2.05) is 18.2 Å². The smallest absolute Gasteiger partial charge is 0.127 e. The van der Waals surface area contributed by atoms with Crippen LogP contribution in [0.3, 0.4) is 0 Å². The second-order valence-electron chi connectivity index (χ2n) is 3.50. The van der Waals surface area contributed by atoms with Crippen molar-refractivity contribution >= 4 is 0 Å². The summed E-state index contributed by atoms with van der Waals surface area (Å²) in [5.74, 6) is 0.791.